The Labute approximate surface area is 167 Å². The maximum atomic E-state index is 6.70. The van der Waals surface area contributed by atoms with Gasteiger partial charge in [0.1, 0.15) is 5.75 Å². The number of hydrogen-bond donors (Lipinski definition) is 0. The van der Waals surface area contributed by atoms with E-state index in [-0.39, 0.29) is 12.0 Å². The highest BCUT2D eigenvalue weighted by Crippen LogP contribution is 2.35. The molecule has 0 heterocycles. The summed E-state index contributed by atoms with van der Waals surface area (Å²) in [5.74, 6) is 4.19. The molecule has 1 rings (SSSR count). The second-order valence-electron chi connectivity index (χ2n) is 7.64. The number of methoxy groups -OCH3 is 1. The average molecular weight is 389 g/mol. The van der Waals surface area contributed by atoms with Crippen molar-refractivity contribution in [1.82, 2.24) is 0 Å². The summed E-state index contributed by atoms with van der Waals surface area (Å²) >= 11 is 0. The molecule has 0 spiro atoms. The van der Waals surface area contributed by atoms with Gasteiger partial charge >= 0.3 is 0 Å². The van der Waals surface area contributed by atoms with Crippen LogP contribution in [-0.4, -0.2) is 28.1 Å². The molecule has 1 aromatic rings. The molecule has 0 aliphatic heterocycles. The smallest absolute Gasteiger partial charge is 0.277 e. The summed E-state index contributed by atoms with van der Waals surface area (Å²) in [6.45, 7) is 18.1. The SMILES string of the molecule is C=C[C@H](O[Si](C#CC)(C(C)C)C(C)C)[C@@H](C)COCc1ccc(OC)cc1. The largest absolute Gasteiger partial charge is 0.497 e. The molecule has 0 N–H and O–H groups in total. The molecule has 1 aromatic carbocycles. The first-order valence-electron chi connectivity index (χ1n) is 9.75. The minimum absolute atomic E-state index is 0.0572. The minimum Gasteiger partial charge on any atom is -0.497 e. The van der Waals surface area contributed by atoms with E-state index >= 15 is 0 Å². The summed E-state index contributed by atoms with van der Waals surface area (Å²) in [6.07, 6.45) is 1.85. The van der Waals surface area contributed by atoms with E-state index < -0.39 is 8.32 Å². The highest BCUT2D eigenvalue weighted by molar-refractivity contribution is 6.84. The summed E-state index contributed by atoms with van der Waals surface area (Å²) in [4.78, 5) is 0. The van der Waals surface area contributed by atoms with Crippen LogP contribution in [0.5, 0.6) is 5.75 Å². The Balaban J connectivity index is 2.72. The van der Waals surface area contributed by atoms with Crippen LogP contribution in [0.4, 0.5) is 0 Å². The lowest BCUT2D eigenvalue weighted by atomic mass is 10.1. The molecule has 27 heavy (non-hydrogen) atoms. The standard InChI is InChI=1S/C23H36O3Si/c1-9-15-27(18(3)4,19(5)6)26-23(10-2)20(7)16-25-17-21-11-13-22(24-8)14-12-21/h10-14,18-20,23H,2,16-17H2,1,3-8H3/t20-,23-/m0/s1. The van der Waals surface area contributed by atoms with Gasteiger partial charge in [-0.25, -0.2) is 0 Å². The molecule has 0 unspecified atom stereocenters. The third-order valence-corrected chi connectivity index (χ3v) is 9.70. The molecule has 150 valence electrons. The van der Waals surface area contributed by atoms with Gasteiger partial charge in [0.05, 0.1) is 26.4 Å². The van der Waals surface area contributed by atoms with Gasteiger partial charge in [-0.05, 0) is 35.7 Å². The van der Waals surface area contributed by atoms with Crippen LogP contribution < -0.4 is 4.74 Å². The molecular formula is C23H36O3Si. The zero-order valence-electron chi connectivity index (χ0n) is 18.0. The van der Waals surface area contributed by atoms with Crippen molar-refractivity contribution < 1.29 is 13.9 Å². The fourth-order valence-electron chi connectivity index (χ4n) is 3.25. The first kappa shape index (κ1) is 23.5. The fraction of sp³-hybridized carbons (Fsp3) is 0.565. The molecular weight excluding hydrogens is 352 g/mol. The van der Waals surface area contributed by atoms with Crippen molar-refractivity contribution in [2.75, 3.05) is 13.7 Å². The van der Waals surface area contributed by atoms with E-state index in [2.05, 4.69) is 52.7 Å². The van der Waals surface area contributed by atoms with E-state index in [1.165, 1.54) is 0 Å². The zero-order chi connectivity index (χ0) is 20.4. The van der Waals surface area contributed by atoms with Gasteiger partial charge in [-0.15, -0.1) is 12.5 Å². The lowest BCUT2D eigenvalue weighted by Gasteiger charge is -2.38. The maximum Gasteiger partial charge on any atom is 0.277 e. The average Bonchev–Trinajstić information content (AvgIpc) is 2.65. The molecule has 0 fully saturated rings. The molecule has 0 aromatic heterocycles. The highest BCUT2D eigenvalue weighted by Gasteiger charge is 2.43. The fourth-order valence-corrected chi connectivity index (χ4v) is 6.94. The van der Waals surface area contributed by atoms with Crippen molar-refractivity contribution in [2.24, 2.45) is 5.92 Å². The normalized spacial score (nSPS) is 13.8. The highest BCUT2D eigenvalue weighted by atomic mass is 28.4. The Bertz CT molecular complexity index is 617. The molecule has 2 atom stereocenters. The van der Waals surface area contributed by atoms with Gasteiger partial charge in [0, 0.05) is 5.92 Å². The molecule has 4 heteroatoms. The molecule has 0 aliphatic carbocycles. The quantitative estimate of drug-likeness (QED) is 0.274. The summed E-state index contributed by atoms with van der Waals surface area (Å²) in [6, 6.07) is 7.95. The Kier molecular flexibility index (Phi) is 9.86. The van der Waals surface area contributed by atoms with Crippen LogP contribution in [0.1, 0.15) is 47.1 Å². The summed E-state index contributed by atoms with van der Waals surface area (Å²) in [7, 11) is -0.543. The summed E-state index contributed by atoms with van der Waals surface area (Å²) in [5, 5.41) is 0. The second kappa shape index (κ2) is 11.3. The Morgan fingerprint density at radius 2 is 1.67 bits per heavy atom. The molecule has 0 saturated carbocycles. The number of hydrogen-bond acceptors (Lipinski definition) is 3. The van der Waals surface area contributed by atoms with Gasteiger partial charge in [0.25, 0.3) is 8.32 Å². The first-order chi connectivity index (χ1) is 12.8. The van der Waals surface area contributed by atoms with Crippen molar-refractivity contribution in [1.29, 1.82) is 0 Å². The Morgan fingerprint density at radius 3 is 2.11 bits per heavy atom. The molecule has 3 nitrogen and oxygen atoms in total. The molecule has 0 bridgehead atoms. The Hall–Kier alpha value is -1.54. The van der Waals surface area contributed by atoms with Crippen LogP contribution in [0.25, 0.3) is 0 Å². The monoisotopic (exact) mass is 388 g/mol. The van der Waals surface area contributed by atoms with Crippen LogP contribution >= 0.6 is 0 Å². The van der Waals surface area contributed by atoms with Gasteiger partial charge in [0.15, 0.2) is 0 Å². The third-order valence-electron chi connectivity index (χ3n) is 4.97. The van der Waals surface area contributed by atoms with E-state index in [9.17, 15) is 0 Å². The topological polar surface area (TPSA) is 27.7 Å². The van der Waals surface area contributed by atoms with Crippen LogP contribution in [0.2, 0.25) is 11.1 Å². The lowest BCUT2D eigenvalue weighted by Crippen LogP contribution is -2.48. The number of benzene rings is 1. The van der Waals surface area contributed by atoms with Gasteiger partial charge in [0.2, 0.25) is 0 Å². The van der Waals surface area contributed by atoms with Gasteiger partial charge in [-0.3, -0.25) is 0 Å². The van der Waals surface area contributed by atoms with Gasteiger partial charge in [-0.2, -0.15) is 0 Å². The molecule has 0 amide bonds. The van der Waals surface area contributed by atoms with Crippen LogP contribution in [0.15, 0.2) is 36.9 Å². The predicted octanol–water partition coefficient (Wildman–Crippen LogP) is 5.75. The van der Waals surface area contributed by atoms with Crippen molar-refractivity contribution in [3.63, 3.8) is 0 Å². The number of rotatable bonds is 11. The van der Waals surface area contributed by atoms with Gasteiger partial charge in [-0.1, -0.05) is 58.4 Å². The maximum absolute atomic E-state index is 6.70. The summed E-state index contributed by atoms with van der Waals surface area (Å²) < 4.78 is 17.8. The van der Waals surface area contributed by atoms with Gasteiger partial charge < -0.3 is 13.9 Å². The predicted molar refractivity (Wildman–Crippen MR) is 116 cm³/mol. The minimum atomic E-state index is -2.21. The molecule has 0 saturated heterocycles. The van der Waals surface area contributed by atoms with Crippen molar-refractivity contribution >= 4 is 8.32 Å². The van der Waals surface area contributed by atoms with Crippen molar-refractivity contribution in [3.8, 4) is 17.2 Å². The van der Waals surface area contributed by atoms with Crippen LogP contribution in [-0.2, 0) is 15.8 Å². The first-order valence-corrected chi connectivity index (χ1v) is 11.8. The van der Waals surface area contributed by atoms with E-state index in [0.717, 1.165) is 11.3 Å². The van der Waals surface area contributed by atoms with E-state index in [0.29, 0.717) is 24.3 Å². The lowest BCUT2D eigenvalue weighted by molar-refractivity contribution is 0.0517. The van der Waals surface area contributed by atoms with E-state index in [4.69, 9.17) is 13.9 Å². The van der Waals surface area contributed by atoms with Crippen molar-refractivity contribution in [3.05, 3.63) is 42.5 Å². The van der Waals surface area contributed by atoms with Crippen LogP contribution in [0, 0.1) is 17.4 Å². The Morgan fingerprint density at radius 1 is 1.07 bits per heavy atom. The molecule has 0 aliphatic rings. The summed E-state index contributed by atoms with van der Waals surface area (Å²) in [5.41, 5.74) is 5.44. The zero-order valence-corrected chi connectivity index (χ0v) is 19.0. The second-order valence-corrected chi connectivity index (χ2v) is 12.0. The molecule has 0 radical (unpaired) electrons. The van der Waals surface area contributed by atoms with Crippen molar-refractivity contribution in [2.45, 2.75) is 65.3 Å². The number of ether oxygens (including phenoxy) is 2. The van der Waals surface area contributed by atoms with E-state index in [1.807, 2.05) is 37.3 Å². The van der Waals surface area contributed by atoms with E-state index in [1.54, 1.807) is 7.11 Å². The van der Waals surface area contributed by atoms with Crippen LogP contribution in [0.3, 0.4) is 0 Å². The third kappa shape index (κ3) is 6.53.